The lowest BCUT2D eigenvalue weighted by Crippen LogP contribution is -2.44. The van der Waals surface area contributed by atoms with Gasteiger partial charge in [-0.2, -0.15) is 8.42 Å². The van der Waals surface area contributed by atoms with Gasteiger partial charge >= 0.3 is 5.97 Å². The minimum absolute atomic E-state index is 0.00831. The van der Waals surface area contributed by atoms with Crippen LogP contribution in [0.2, 0.25) is 0 Å². The second kappa shape index (κ2) is 17.5. The molecular weight excluding hydrogens is 727 g/mol. The Hall–Kier alpha value is -4.69. The molecule has 2 atom stereocenters. The molecule has 0 aliphatic heterocycles. The predicted molar refractivity (Wildman–Crippen MR) is 189 cm³/mol. The van der Waals surface area contributed by atoms with Crippen molar-refractivity contribution in [3.63, 3.8) is 0 Å². The molecule has 3 aromatic carbocycles. The average molecular weight is 766 g/mol. The fraction of sp³-hybridized carbons (Fsp3) is 0.312. The molecule has 51 heavy (non-hydrogen) atoms. The minimum Gasteiger partial charge on any atom is -0.458 e. The Morgan fingerprint density at radius 1 is 0.961 bits per heavy atom. The van der Waals surface area contributed by atoms with Crippen molar-refractivity contribution in [2.24, 2.45) is 10.7 Å². The maximum atomic E-state index is 13.4. The summed E-state index contributed by atoms with van der Waals surface area (Å²) in [6, 6.07) is 14.7. The number of aliphatic imine (C=N–C) groups is 1. The number of esters is 1. The smallest absolute Gasteiger partial charge is 0.330 e. The van der Waals surface area contributed by atoms with Gasteiger partial charge < -0.3 is 10.5 Å². The van der Waals surface area contributed by atoms with Crippen molar-refractivity contribution < 1.29 is 43.9 Å². The van der Waals surface area contributed by atoms with Crippen molar-refractivity contribution in [1.29, 1.82) is 0 Å². The average Bonchev–Trinajstić information content (AvgIpc) is 3.02. The fourth-order valence-electron chi connectivity index (χ4n) is 5.01. The van der Waals surface area contributed by atoms with Gasteiger partial charge in [0.1, 0.15) is 12.7 Å². The molecule has 0 aliphatic carbocycles. The molecule has 4 N–H and O–H groups in total. The van der Waals surface area contributed by atoms with Crippen LogP contribution in [0.15, 0.2) is 93.7 Å². The Balaban J connectivity index is 1.85. The maximum Gasteiger partial charge on any atom is 0.330 e. The molecular formula is C32H39N5O11S3. The molecule has 0 saturated carbocycles. The van der Waals surface area contributed by atoms with Crippen molar-refractivity contribution >= 4 is 47.8 Å². The molecule has 0 heterocycles. The van der Waals surface area contributed by atoms with Crippen LogP contribution in [-0.2, 0) is 50.5 Å². The molecule has 0 spiro atoms. The topological polar surface area (TPSA) is 244 Å². The molecule has 0 aromatic heterocycles. The summed E-state index contributed by atoms with van der Waals surface area (Å²) in [7, 11) is -12.8. The van der Waals surface area contributed by atoms with Crippen LogP contribution in [0.4, 0.5) is 5.69 Å². The first kappa shape index (κ1) is 40.7. The van der Waals surface area contributed by atoms with Gasteiger partial charge in [-0.1, -0.05) is 48.0 Å². The van der Waals surface area contributed by atoms with Crippen LogP contribution in [0.25, 0.3) is 0 Å². The number of carbonyl (C=O) groups is 1. The molecule has 0 aliphatic rings. The first-order valence-corrected chi connectivity index (χ1v) is 20.0. The molecule has 19 heteroatoms. The van der Waals surface area contributed by atoms with Crippen LogP contribution >= 0.6 is 0 Å². The number of ether oxygens (including phenoxy) is 1. The van der Waals surface area contributed by atoms with Crippen molar-refractivity contribution in [2.75, 3.05) is 12.8 Å². The second-order valence-electron chi connectivity index (χ2n) is 11.4. The van der Waals surface area contributed by atoms with Gasteiger partial charge in [0.05, 0.1) is 27.0 Å². The number of non-ortho nitro benzene ring substituents is 1. The monoisotopic (exact) mass is 765 g/mol. The van der Waals surface area contributed by atoms with Crippen LogP contribution in [0.1, 0.15) is 35.1 Å². The third-order valence-corrected chi connectivity index (χ3v) is 10.8. The second-order valence-corrected chi connectivity index (χ2v) is 16.4. The number of hydrogen-bond donors (Lipinski definition) is 3. The summed E-state index contributed by atoms with van der Waals surface area (Å²) in [6.45, 7) is 4.88. The number of hydrogen-bond acceptors (Lipinski definition) is 12. The zero-order chi connectivity index (χ0) is 38.0. The van der Waals surface area contributed by atoms with Crippen LogP contribution < -0.4 is 15.2 Å². The highest BCUT2D eigenvalue weighted by molar-refractivity contribution is 7.90. The number of nitrogens with one attached hydrogen (secondary N) is 2. The van der Waals surface area contributed by atoms with E-state index in [0.717, 1.165) is 48.2 Å². The highest BCUT2D eigenvalue weighted by Crippen LogP contribution is 2.22. The van der Waals surface area contributed by atoms with E-state index in [1.54, 1.807) is 56.3 Å². The summed E-state index contributed by atoms with van der Waals surface area (Å²) in [4.78, 5) is 26.6. The van der Waals surface area contributed by atoms with Crippen LogP contribution in [0.5, 0.6) is 0 Å². The molecule has 0 radical (unpaired) electrons. The summed E-state index contributed by atoms with van der Waals surface area (Å²) in [6.07, 6.45) is 0.896. The summed E-state index contributed by atoms with van der Waals surface area (Å²) in [5.41, 5.74) is 8.09. The summed E-state index contributed by atoms with van der Waals surface area (Å²) < 4.78 is 92.3. The number of nitrogens with zero attached hydrogens (tertiary/aromatic N) is 2. The van der Waals surface area contributed by atoms with Crippen molar-refractivity contribution in [1.82, 2.24) is 9.44 Å². The molecule has 16 nitrogen and oxygen atoms in total. The zero-order valence-electron chi connectivity index (χ0n) is 28.2. The van der Waals surface area contributed by atoms with Gasteiger partial charge in [-0.05, 0) is 68.5 Å². The van der Waals surface area contributed by atoms with E-state index >= 15 is 0 Å². The van der Waals surface area contributed by atoms with Crippen molar-refractivity contribution in [2.45, 2.75) is 62.2 Å². The lowest BCUT2D eigenvalue weighted by molar-refractivity contribution is -0.384. The number of sulfonamides is 2. The van der Waals surface area contributed by atoms with Gasteiger partial charge in [-0.25, -0.2) is 31.1 Å². The highest BCUT2D eigenvalue weighted by Gasteiger charge is 2.30. The van der Waals surface area contributed by atoms with E-state index in [1.165, 1.54) is 0 Å². The number of benzene rings is 3. The number of nitro benzene ring substituents is 1. The van der Waals surface area contributed by atoms with Crippen molar-refractivity contribution in [3.05, 3.63) is 111 Å². The van der Waals surface area contributed by atoms with E-state index in [1.807, 2.05) is 6.92 Å². The summed E-state index contributed by atoms with van der Waals surface area (Å²) in [5, 5.41) is 11.1. The Kier molecular flexibility index (Phi) is 14.0. The van der Waals surface area contributed by atoms with Crippen molar-refractivity contribution in [3.8, 4) is 0 Å². The molecule has 3 rings (SSSR count). The summed E-state index contributed by atoms with van der Waals surface area (Å²) >= 11 is 0. The lowest BCUT2D eigenvalue weighted by atomic mass is 10.1. The number of nitro groups is 1. The van der Waals surface area contributed by atoms with Gasteiger partial charge in [0.2, 0.25) is 16.0 Å². The number of rotatable bonds is 17. The number of guanidine groups is 1. The number of carbonyl (C=O) groups excluding carboxylic acids is 1. The Labute approximate surface area is 297 Å². The fourth-order valence-corrected chi connectivity index (χ4v) is 8.30. The molecule has 0 saturated heterocycles. The SMILES string of the molecule is Cc1cc(C)c(S(=O)(=O)NC(N)=NCCC[C@H](NS(=O)(=O)c2ccc([N+](=O)[O-])cc2)[C@H](/C=C/C(=O)OCc2ccccc2)OS(C)(=O)=O)c(C)c1. The first-order chi connectivity index (χ1) is 23.8. The third-order valence-electron chi connectivity index (χ3n) is 7.06. The van der Waals surface area contributed by atoms with Gasteiger partial charge in [-0.3, -0.25) is 19.3 Å². The molecule has 3 aromatic rings. The van der Waals surface area contributed by atoms with E-state index in [4.69, 9.17) is 14.7 Å². The largest absolute Gasteiger partial charge is 0.458 e. The summed E-state index contributed by atoms with van der Waals surface area (Å²) in [5.74, 6) is -1.32. The van der Waals surface area contributed by atoms with E-state index in [0.29, 0.717) is 16.7 Å². The van der Waals surface area contributed by atoms with Crippen LogP contribution in [0, 0.1) is 30.9 Å². The number of aryl methyl sites for hydroxylation is 3. The molecule has 0 amide bonds. The molecule has 0 unspecified atom stereocenters. The van der Waals surface area contributed by atoms with Gasteiger partial charge in [0.15, 0.2) is 0 Å². The standard InChI is InChI=1S/C32H39N5O11S3/c1-22-19-23(2)31(24(3)20-22)51(45,46)36-32(33)34-18-8-11-28(35-50(43,44)27-14-12-26(13-15-27)37(39)40)29(48-49(4,41)42)16-17-30(38)47-21-25-9-6-5-7-10-25/h5-7,9-10,12-17,19-20,28-29,35H,8,11,18,21H2,1-4H3,(H3,33,34,36)/b17-16+/t28-,29-/m0/s1. The van der Waals surface area contributed by atoms with E-state index in [2.05, 4.69) is 14.4 Å². The Morgan fingerprint density at radius 3 is 2.14 bits per heavy atom. The molecule has 276 valence electrons. The van der Waals surface area contributed by atoms with Crippen LogP contribution in [0.3, 0.4) is 0 Å². The molecule has 0 fully saturated rings. The quantitative estimate of drug-likeness (QED) is 0.0263. The van der Waals surface area contributed by atoms with Gasteiger partial charge in [0.25, 0.3) is 25.8 Å². The minimum atomic E-state index is -4.46. The molecule has 0 bridgehead atoms. The lowest BCUT2D eigenvalue weighted by Gasteiger charge is -2.25. The Bertz CT molecular complexity index is 2080. The maximum absolute atomic E-state index is 13.4. The number of nitrogens with two attached hydrogens (primary N) is 1. The van der Waals surface area contributed by atoms with E-state index in [-0.39, 0.29) is 41.5 Å². The highest BCUT2D eigenvalue weighted by atomic mass is 32.2. The van der Waals surface area contributed by atoms with E-state index in [9.17, 15) is 40.2 Å². The predicted octanol–water partition coefficient (Wildman–Crippen LogP) is 2.88. The zero-order valence-corrected chi connectivity index (χ0v) is 30.6. The van der Waals surface area contributed by atoms with E-state index < -0.39 is 59.2 Å². The van der Waals surface area contributed by atoms with Crippen LogP contribution in [-0.4, -0.2) is 67.1 Å². The normalized spacial score (nSPS) is 13.8. The van der Waals surface area contributed by atoms with Gasteiger partial charge in [-0.15, -0.1) is 0 Å². The third kappa shape index (κ3) is 12.9. The first-order valence-electron chi connectivity index (χ1n) is 15.2. The Morgan fingerprint density at radius 2 is 1.57 bits per heavy atom. The van der Waals surface area contributed by atoms with Gasteiger partial charge in [0, 0.05) is 24.8 Å².